The topological polar surface area (TPSA) is 20.2 Å². The highest BCUT2D eigenvalue weighted by Crippen LogP contribution is 2.08. The number of halogens is 1. The van der Waals surface area contributed by atoms with Crippen LogP contribution in [0.2, 0.25) is 0 Å². The number of hydrogen-bond donors (Lipinski definition) is 1. The second kappa shape index (κ2) is 11.9. The van der Waals surface area contributed by atoms with Gasteiger partial charge in [0.1, 0.15) is 0 Å². The van der Waals surface area contributed by atoms with E-state index >= 15 is 0 Å². The maximum atomic E-state index is 8.79. The summed E-state index contributed by atoms with van der Waals surface area (Å²) in [7, 11) is 4.53. The average molecular weight is 296 g/mol. The van der Waals surface area contributed by atoms with Crippen LogP contribution in [0.1, 0.15) is 51.9 Å². The molecule has 100 valence electrons. The molecule has 0 fully saturated rings. The van der Waals surface area contributed by atoms with E-state index in [2.05, 4.69) is 21.0 Å². The molecule has 0 aliphatic heterocycles. The second-order valence-corrected chi connectivity index (χ2v) is 5.23. The first kappa shape index (κ1) is 18.8. The molecule has 0 spiro atoms. The molecule has 2 nitrogen and oxygen atoms in total. The third-order valence-corrected chi connectivity index (χ3v) is 3.04. The molecule has 3 heteroatoms. The minimum atomic E-state index is 0. The van der Waals surface area contributed by atoms with Gasteiger partial charge in [0.15, 0.2) is 0 Å². The second-order valence-electron chi connectivity index (χ2n) is 5.23. The predicted octanol–water partition coefficient (Wildman–Crippen LogP) is -0.190. The molecule has 0 bridgehead atoms. The summed E-state index contributed by atoms with van der Waals surface area (Å²) in [6.45, 7) is 4.95. The molecule has 0 atom stereocenters. The average Bonchev–Trinajstić information content (AvgIpc) is 2.20. The zero-order valence-electron chi connectivity index (χ0n) is 11.3. The van der Waals surface area contributed by atoms with Crippen LogP contribution in [0.25, 0.3) is 0 Å². The van der Waals surface area contributed by atoms with Crippen LogP contribution in [0.5, 0.6) is 0 Å². The fraction of sp³-hybridized carbons (Fsp3) is 1.00. The van der Waals surface area contributed by atoms with Crippen LogP contribution in [0.3, 0.4) is 0 Å². The van der Waals surface area contributed by atoms with Crippen LogP contribution in [0.15, 0.2) is 0 Å². The molecule has 0 heterocycles. The fourth-order valence-electron chi connectivity index (χ4n) is 1.93. The molecule has 0 saturated carbocycles. The van der Waals surface area contributed by atoms with Crippen LogP contribution in [-0.2, 0) is 0 Å². The molecule has 0 saturated heterocycles. The van der Waals surface area contributed by atoms with Gasteiger partial charge in [0.25, 0.3) is 0 Å². The summed E-state index contributed by atoms with van der Waals surface area (Å²) in [5.41, 5.74) is 0. The van der Waals surface area contributed by atoms with Crippen molar-refractivity contribution in [2.24, 2.45) is 0 Å². The lowest BCUT2D eigenvalue weighted by molar-refractivity contribution is -0.890. The molecule has 0 aromatic rings. The highest BCUT2D eigenvalue weighted by Gasteiger charge is 2.12. The molecule has 16 heavy (non-hydrogen) atoms. The minimum absolute atomic E-state index is 0. The number of hydrogen-bond acceptors (Lipinski definition) is 1. The molecule has 0 radical (unpaired) electrons. The maximum absolute atomic E-state index is 8.79. The minimum Gasteiger partial charge on any atom is -1.00 e. The van der Waals surface area contributed by atoms with Gasteiger partial charge >= 0.3 is 0 Å². The molecule has 0 aliphatic rings. The first-order chi connectivity index (χ1) is 7.12. The summed E-state index contributed by atoms with van der Waals surface area (Å²) >= 11 is 0. The third kappa shape index (κ3) is 12.5. The van der Waals surface area contributed by atoms with Gasteiger partial charge in [-0.2, -0.15) is 0 Å². The zero-order chi connectivity index (χ0) is 11.6. The van der Waals surface area contributed by atoms with Gasteiger partial charge in [0, 0.05) is 13.0 Å². The Kier molecular flexibility index (Phi) is 13.9. The van der Waals surface area contributed by atoms with Gasteiger partial charge in [-0.3, -0.25) is 0 Å². The first-order valence-electron chi connectivity index (χ1n) is 6.55. The first-order valence-corrected chi connectivity index (χ1v) is 6.55. The molecule has 0 unspecified atom stereocenters. The maximum Gasteiger partial charge on any atom is 0.0804 e. The highest BCUT2D eigenvalue weighted by molar-refractivity contribution is 4.44. The predicted molar refractivity (Wildman–Crippen MR) is 66.9 cm³/mol. The van der Waals surface area contributed by atoms with Crippen molar-refractivity contribution in [1.29, 1.82) is 0 Å². The van der Waals surface area contributed by atoms with Gasteiger partial charge in [-0.25, -0.2) is 0 Å². The lowest BCUT2D eigenvalue weighted by Crippen LogP contribution is -3.00. The van der Waals surface area contributed by atoms with Crippen LogP contribution >= 0.6 is 0 Å². The van der Waals surface area contributed by atoms with Crippen molar-refractivity contribution < 1.29 is 26.6 Å². The number of quaternary nitrogens is 1. The molecule has 1 N–H and O–H groups in total. The van der Waals surface area contributed by atoms with Gasteiger partial charge in [-0.1, -0.05) is 32.6 Å². The zero-order valence-corrected chi connectivity index (χ0v) is 12.9. The Hall–Kier alpha value is 0.400. The van der Waals surface area contributed by atoms with E-state index in [-0.39, 0.29) is 17.0 Å². The molecular weight excluding hydrogens is 266 g/mol. The van der Waals surface area contributed by atoms with Crippen molar-refractivity contribution in [3.63, 3.8) is 0 Å². The van der Waals surface area contributed by atoms with Crippen molar-refractivity contribution >= 4 is 0 Å². The largest absolute Gasteiger partial charge is 1.00 e. The van der Waals surface area contributed by atoms with Crippen molar-refractivity contribution in [3.8, 4) is 0 Å². The van der Waals surface area contributed by atoms with E-state index in [0.717, 1.165) is 17.4 Å². The number of aliphatic hydroxyl groups excluding tert-OH is 1. The number of rotatable bonds is 10. The Bertz CT molecular complexity index is 140. The van der Waals surface area contributed by atoms with E-state index in [0.29, 0.717) is 6.61 Å². The molecule has 0 rings (SSSR count). The van der Waals surface area contributed by atoms with Crippen molar-refractivity contribution in [2.45, 2.75) is 51.9 Å². The number of aliphatic hydroxyl groups is 1. The molecular formula is C13H30BrNO. The van der Waals surface area contributed by atoms with Gasteiger partial charge in [0.05, 0.1) is 27.2 Å². The molecule has 0 amide bonds. The lowest BCUT2D eigenvalue weighted by Gasteiger charge is -2.29. The van der Waals surface area contributed by atoms with E-state index < -0.39 is 0 Å². The summed E-state index contributed by atoms with van der Waals surface area (Å²) < 4.78 is 1.06. The standard InChI is InChI=1S/C13H30NO.BrH/c1-4-5-6-7-8-9-11-14(2,3)12-10-13-15;/h15H,4-13H2,1-3H3;1H/q+1;/p-1. The van der Waals surface area contributed by atoms with E-state index in [1.807, 2.05) is 0 Å². The Labute approximate surface area is 112 Å². The SMILES string of the molecule is CCCCCCCC[N+](C)(C)CCCO.[Br-]. The summed E-state index contributed by atoms with van der Waals surface area (Å²) in [5, 5.41) is 8.79. The van der Waals surface area contributed by atoms with Gasteiger partial charge in [-0.05, 0) is 12.8 Å². The third-order valence-electron chi connectivity index (χ3n) is 3.04. The van der Waals surface area contributed by atoms with E-state index in [1.165, 1.54) is 45.1 Å². The van der Waals surface area contributed by atoms with E-state index in [1.54, 1.807) is 0 Å². The van der Waals surface area contributed by atoms with Crippen molar-refractivity contribution in [1.82, 2.24) is 0 Å². The summed E-state index contributed by atoms with van der Waals surface area (Å²) in [4.78, 5) is 0. The van der Waals surface area contributed by atoms with E-state index in [9.17, 15) is 0 Å². The van der Waals surface area contributed by atoms with Crippen LogP contribution < -0.4 is 17.0 Å². The quantitative estimate of drug-likeness (QED) is 0.438. The molecule has 0 aromatic carbocycles. The number of nitrogens with zero attached hydrogens (tertiary/aromatic N) is 1. The Balaban J connectivity index is 0. The number of unbranched alkanes of at least 4 members (excludes halogenated alkanes) is 5. The Morgan fingerprint density at radius 3 is 1.88 bits per heavy atom. The van der Waals surface area contributed by atoms with Crippen molar-refractivity contribution in [2.75, 3.05) is 33.8 Å². The monoisotopic (exact) mass is 295 g/mol. The summed E-state index contributed by atoms with van der Waals surface area (Å²) in [5.74, 6) is 0. The molecule has 0 aliphatic carbocycles. The van der Waals surface area contributed by atoms with Crippen LogP contribution in [-0.4, -0.2) is 43.4 Å². The van der Waals surface area contributed by atoms with Crippen LogP contribution in [0.4, 0.5) is 0 Å². The molecule has 0 aromatic heterocycles. The smallest absolute Gasteiger partial charge is 0.0804 e. The Morgan fingerprint density at radius 1 is 0.812 bits per heavy atom. The highest BCUT2D eigenvalue weighted by atomic mass is 79.9. The van der Waals surface area contributed by atoms with Gasteiger partial charge < -0.3 is 26.6 Å². The lowest BCUT2D eigenvalue weighted by atomic mass is 10.1. The summed E-state index contributed by atoms with van der Waals surface area (Å²) in [6.07, 6.45) is 9.17. The fourth-order valence-corrected chi connectivity index (χ4v) is 1.93. The van der Waals surface area contributed by atoms with Gasteiger partial charge in [-0.15, -0.1) is 0 Å². The summed E-state index contributed by atoms with van der Waals surface area (Å²) in [6, 6.07) is 0. The van der Waals surface area contributed by atoms with E-state index in [4.69, 9.17) is 5.11 Å². The van der Waals surface area contributed by atoms with Crippen LogP contribution in [0, 0.1) is 0 Å². The Morgan fingerprint density at radius 2 is 1.31 bits per heavy atom. The van der Waals surface area contributed by atoms with Gasteiger partial charge in [0.2, 0.25) is 0 Å². The van der Waals surface area contributed by atoms with Crippen molar-refractivity contribution in [3.05, 3.63) is 0 Å². The normalized spacial score (nSPS) is 11.2.